The van der Waals surface area contributed by atoms with Gasteiger partial charge in [0.1, 0.15) is 5.82 Å². The van der Waals surface area contributed by atoms with Crippen molar-refractivity contribution >= 4 is 12.1 Å². The molecule has 0 bridgehead atoms. The lowest BCUT2D eigenvalue weighted by molar-refractivity contribution is 0.134. The second-order valence-corrected chi connectivity index (χ2v) is 5.68. The van der Waals surface area contributed by atoms with Crippen molar-refractivity contribution in [2.45, 2.75) is 41.5 Å². The van der Waals surface area contributed by atoms with Gasteiger partial charge in [-0.25, -0.2) is 14.5 Å². The summed E-state index contributed by atoms with van der Waals surface area (Å²) in [5.74, 6) is 2.14. The van der Waals surface area contributed by atoms with Crippen LogP contribution >= 0.6 is 0 Å². The van der Waals surface area contributed by atoms with Gasteiger partial charge < -0.3 is 0 Å². The summed E-state index contributed by atoms with van der Waals surface area (Å²) in [6, 6.07) is -0.716. The highest BCUT2D eigenvalue weighted by Crippen LogP contribution is 2.15. The van der Waals surface area contributed by atoms with E-state index >= 15 is 0 Å². The van der Waals surface area contributed by atoms with Gasteiger partial charge in [0.15, 0.2) is 0 Å². The molecule has 4 amide bonds. The van der Waals surface area contributed by atoms with Crippen LogP contribution in [0.5, 0.6) is 0 Å². The molecule has 118 valence electrons. The number of imide groups is 1. The van der Waals surface area contributed by atoms with Crippen LogP contribution in [0.1, 0.15) is 41.5 Å². The van der Waals surface area contributed by atoms with E-state index in [9.17, 15) is 9.59 Å². The summed E-state index contributed by atoms with van der Waals surface area (Å²) in [5, 5.41) is 0. The fourth-order valence-electron chi connectivity index (χ4n) is 1.92. The number of carbonyl (C=O) groups is 2. The number of amides is 4. The van der Waals surface area contributed by atoms with Crippen LogP contribution in [0.15, 0.2) is 12.4 Å². The highest BCUT2D eigenvalue weighted by Gasteiger charge is 2.33. The topological polar surface area (TPSA) is 43.9 Å². The van der Waals surface area contributed by atoms with E-state index in [-0.39, 0.29) is 19.5 Å². The molecule has 0 radical (unpaired) electrons. The predicted molar refractivity (Wildman–Crippen MR) is 84.2 cm³/mol. The third kappa shape index (κ3) is 5.63. The van der Waals surface area contributed by atoms with Crippen LogP contribution < -0.4 is 0 Å². The van der Waals surface area contributed by atoms with Crippen molar-refractivity contribution in [3.05, 3.63) is 12.4 Å². The molecule has 0 aromatic rings. The second-order valence-electron chi connectivity index (χ2n) is 5.68. The number of rotatable bonds is 2. The molecule has 1 saturated heterocycles. The van der Waals surface area contributed by atoms with E-state index in [4.69, 9.17) is 0 Å². The summed E-state index contributed by atoms with van der Waals surface area (Å²) in [5.41, 5.74) is 0. The molecule has 0 atom stereocenters. The fourth-order valence-corrected chi connectivity index (χ4v) is 1.92. The molecule has 5 heteroatoms. The average molecular weight is 285 g/mol. The molecule has 0 aromatic heterocycles. The van der Waals surface area contributed by atoms with Crippen LogP contribution in [0.3, 0.4) is 0 Å². The van der Waals surface area contributed by atoms with E-state index in [0.717, 1.165) is 16.7 Å². The van der Waals surface area contributed by atoms with Crippen LogP contribution in [0, 0.1) is 11.8 Å². The Balaban J connectivity index is 0. The molecule has 1 aliphatic heterocycles. The zero-order valence-electron chi connectivity index (χ0n) is 13.2. The summed E-state index contributed by atoms with van der Waals surface area (Å²) in [6.07, 6.45) is 1.36. The largest absolute Gasteiger partial charge is 0.333 e. The number of hydrogen-bond acceptors (Lipinski definition) is 2. The Morgan fingerprint density at radius 1 is 0.850 bits per heavy atom. The summed E-state index contributed by atoms with van der Waals surface area (Å²) in [4.78, 5) is 26.1. The molecule has 1 rings (SSSR count). The minimum absolute atomic E-state index is 0. The van der Waals surface area contributed by atoms with Crippen LogP contribution in [0.2, 0.25) is 0 Å². The van der Waals surface area contributed by atoms with E-state index in [2.05, 4.69) is 34.3 Å². The molecular formula is C15H31N3O2. The van der Waals surface area contributed by atoms with Crippen LogP contribution in [-0.2, 0) is 0 Å². The maximum Gasteiger partial charge on any atom is 0.333 e. The monoisotopic (exact) mass is 285 g/mol. The quantitative estimate of drug-likeness (QED) is 0.774. The number of nitrogens with zero attached hydrogens (tertiary/aromatic N) is 3. The van der Waals surface area contributed by atoms with Gasteiger partial charge in [0.2, 0.25) is 0 Å². The van der Waals surface area contributed by atoms with Crippen molar-refractivity contribution in [1.82, 2.24) is 14.7 Å². The van der Waals surface area contributed by atoms with Crippen LogP contribution in [0.4, 0.5) is 9.59 Å². The Morgan fingerprint density at radius 2 is 1.15 bits per heavy atom. The molecule has 1 heterocycles. The maximum atomic E-state index is 11.2. The number of urea groups is 2. The van der Waals surface area contributed by atoms with E-state index in [1.807, 2.05) is 0 Å². The SMILES string of the molecule is C.C=C1N(C)C(=O)N(C)C(=O)N1C.CC(C)CC(C)C. The van der Waals surface area contributed by atoms with Gasteiger partial charge in [-0.1, -0.05) is 41.7 Å². The van der Waals surface area contributed by atoms with E-state index < -0.39 is 0 Å². The summed E-state index contributed by atoms with van der Waals surface area (Å²) in [6.45, 7) is 12.7. The first-order valence-electron chi connectivity index (χ1n) is 6.57. The highest BCUT2D eigenvalue weighted by molar-refractivity contribution is 5.97. The van der Waals surface area contributed by atoms with Crippen molar-refractivity contribution in [2.75, 3.05) is 21.1 Å². The zero-order valence-corrected chi connectivity index (χ0v) is 13.2. The Labute approximate surface area is 124 Å². The minimum atomic E-state index is -0.358. The lowest BCUT2D eigenvalue weighted by Crippen LogP contribution is -2.55. The summed E-state index contributed by atoms with van der Waals surface area (Å²) in [7, 11) is 4.58. The fraction of sp³-hybridized carbons (Fsp3) is 0.733. The maximum absolute atomic E-state index is 11.2. The molecule has 5 nitrogen and oxygen atoms in total. The molecule has 0 aromatic carbocycles. The van der Waals surface area contributed by atoms with Gasteiger partial charge in [-0.3, -0.25) is 9.80 Å². The average Bonchev–Trinajstić information content (AvgIpc) is 2.30. The zero-order chi connectivity index (χ0) is 15.3. The lowest BCUT2D eigenvalue weighted by Gasteiger charge is -2.36. The Bertz CT molecular complexity index is 284. The van der Waals surface area contributed by atoms with Crippen molar-refractivity contribution in [2.24, 2.45) is 11.8 Å². The second kappa shape index (κ2) is 8.61. The van der Waals surface area contributed by atoms with Gasteiger partial charge in [0.05, 0.1) is 0 Å². The van der Waals surface area contributed by atoms with Crippen LogP contribution in [0.25, 0.3) is 0 Å². The first-order valence-corrected chi connectivity index (χ1v) is 6.57. The molecule has 0 saturated carbocycles. The van der Waals surface area contributed by atoms with Gasteiger partial charge in [0, 0.05) is 21.1 Å². The summed E-state index contributed by atoms with van der Waals surface area (Å²) < 4.78 is 0. The van der Waals surface area contributed by atoms with Gasteiger partial charge in [-0.05, 0) is 18.3 Å². The van der Waals surface area contributed by atoms with Gasteiger partial charge in [-0.2, -0.15) is 0 Å². The van der Waals surface area contributed by atoms with E-state index in [0.29, 0.717) is 5.82 Å². The van der Waals surface area contributed by atoms with Gasteiger partial charge in [0.25, 0.3) is 0 Å². The molecule has 0 spiro atoms. The third-order valence-electron chi connectivity index (χ3n) is 2.86. The standard InChI is InChI=1S/C7H11N3O2.C7H16.CH4/c1-5-8(2)6(11)10(4)7(12)9(5)3;1-6(2)5-7(3)4;/h1H2,2-4H3;6-7H,5H2,1-4H3;1H4. The first kappa shape index (κ1) is 20.8. The summed E-state index contributed by atoms with van der Waals surface area (Å²) >= 11 is 0. The van der Waals surface area contributed by atoms with Crippen molar-refractivity contribution in [1.29, 1.82) is 0 Å². The highest BCUT2D eigenvalue weighted by atomic mass is 16.2. The third-order valence-corrected chi connectivity index (χ3v) is 2.86. The number of hydrogen-bond donors (Lipinski definition) is 0. The van der Waals surface area contributed by atoms with E-state index in [1.54, 1.807) is 14.1 Å². The first-order chi connectivity index (χ1) is 8.59. The molecular weight excluding hydrogens is 254 g/mol. The normalized spacial score (nSPS) is 15.4. The minimum Gasteiger partial charge on any atom is -0.283 e. The molecule has 1 aliphatic rings. The smallest absolute Gasteiger partial charge is 0.283 e. The predicted octanol–water partition coefficient (Wildman–Crippen LogP) is 3.83. The van der Waals surface area contributed by atoms with Crippen molar-refractivity contribution in [3.8, 4) is 0 Å². The van der Waals surface area contributed by atoms with Gasteiger partial charge in [-0.15, -0.1) is 0 Å². The Hall–Kier alpha value is -1.52. The molecule has 0 aliphatic carbocycles. The molecule has 0 N–H and O–H groups in total. The van der Waals surface area contributed by atoms with Crippen LogP contribution in [-0.4, -0.2) is 47.9 Å². The lowest BCUT2D eigenvalue weighted by atomic mass is 10.0. The Kier molecular flexibility index (Phi) is 8.95. The molecule has 0 unspecified atom stereocenters. The number of carbonyl (C=O) groups excluding carboxylic acids is 2. The molecule has 1 fully saturated rings. The van der Waals surface area contributed by atoms with Crippen molar-refractivity contribution < 1.29 is 9.59 Å². The Morgan fingerprint density at radius 3 is 1.35 bits per heavy atom. The van der Waals surface area contributed by atoms with Gasteiger partial charge >= 0.3 is 12.1 Å². The molecule has 20 heavy (non-hydrogen) atoms. The van der Waals surface area contributed by atoms with E-state index in [1.165, 1.54) is 23.3 Å². The van der Waals surface area contributed by atoms with Crippen molar-refractivity contribution in [3.63, 3.8) is 0 Å².